The smallest absolute Gasteiger partial charge is 0.239 e. The Kier molecular flexibility index (Phi) is 3.02. The number of hydrogen-bond donors (Lipinski definition) is 3. The van der Waals surface area contributed by atoms with Gasteiger partial charge in [0.2, 0.25) is 5.95 Å². The Morgan fingerprint density at radius 1 is 1.44 bits per heavy atom. The van der Waals surface area contributed by atoms with E-state index in [1.54, 1.807) is 18.5 Å². The topological polar surface area (TPSA) is 89.0 Å². The fraction of sp³-hybridized carbons (Fsp3) is 0.200. The van der Waals surface area contributed by atoms with Crippen molar-refractivity contribution in [1.29, 1.82) is 0 Å². The van der Waals surface area contributed by atoms with Gasteiger partial charge in [-0.3, -0.25) is 5.43 Å². The number of nitrogens with zero attached hydrogens (tertiary/aromatic N) is 2. The number of nitrogens with one attached hydrogen (secondary N) is 2. The fourth-order valence-electron chi connectivity index (χ4n) is 1.34. The van der Waals surface area contributed by atoms with Crippen molar-refractivity contribution < 1.29 is 4.42 Å². The first-order valence-electron chi connectivity index (χ1n) is 4.89. The van der Waals surface area contributed by atoms with E-state index in [4.69, 9.17) is 10.3 Å². The van der Waals surface area contributed by atoms with E-state index in [1.165, 1.54) is 0 Å². The molecule has 2 rings (SSSR count). The lowest BCUT2D eigenvalue weighted by Gasteiger charge is -2.12. The summed E-state index contributed by atoms with van der Waals surface area (Å²) in [5, 5.41) is 3.18. The van der Waals surface area contributed by atoms with Gasteiger partial charge < -0.3 is 9.73 Å². The Bertz CT molecular complexity index is 442. The molecule has 0 fully saturated rings. The van der Waals surface area contributed by atoms with Crippen molar-refractivity contribution in [2.24, 2.45) is 5.84 Å². The maximum Gasteiger partial charge on any atom is 0.239 e. The maximum atomic E-state index is 5.28. The normalized spacial score (nSPS) is 12.1. The molecule has 0 aromatic carbocycles. The summed E-state index contributed by atoms with van der Waals surface area (Å²) in [7, 11) is 0. The zero-order chi connectivity index (χ0) is 11.4. The van der Waals surface area contributed by atoms with Gasteiger partial charge in [0.15, 0.2) is 0 Å². The minimum absolute atomic E-state index is 0.0375. The predicted molar refractivity (Wildman–Crippen MR) is 60.6 cm³/mol. The van der Waals surface area contributed by atoms with Crippen LogP contribution in [0.3, 0.4) is 0 Å². The van der Waals surface area contributed by atoms with Crippen LogP contribution in [0.4, 0.5) is 11.8 Å². The fourth-order valence-corrected chi connectivity index (χ4v) is 1.34. The Balaban J connectivity index is 2.08. The first-order valence-corrected chi connectivity index (χ1v) is 4.89. The lowest BCUT2D eigenvalue weighted by molar-refractivity contribution is 0.490. The zero-order valence-electron chi connectivity index (χ0n) is 8.84. The van der Waals surface area contributed by atoms with Gasteiger partial charge in [0.05, 0.1) is 12.3 Å². The second kappa shape index (κ2) is 4.63. The molecule has 16 heavy (non-hydrogen) atoms. The van der Waals surface area contributed by atoms with E-state index >= 15 is 0 Å². The van der Waals surface area contributed by atoms with E-state index in [-0.39, 0.29) is 6.04 Å². The average molecular weight is 219 g/mol. The summed E-state index contributed by atoms with van der Waals surface area (Å²) in [6, 6.07) is 5.55. The molecule has 0 aliphatic heterocycles. The molecule has 6 nitrogen and oxygen atoms in total. The number of furan rings is 1. The molecule has 2 heterocycles. The second-order valence-corrected chi connectivity index (χ2v) is 3.29. The van der Waals surface area contributed by atoms with Crippen molar-refractivity contribution in [3.05, 3.63) is 36.4 Å². The quantitative estimate of drug-likeness (QED) is 0.533. The second-order valence-electron chi connectivity index (χ2n) is 3.29. The molecular formula is C10H13N5O. The van der Waals surface area contributed by atoms with Gasteiger partial charge >= 0.3 is 0 Å². The average Bonchev–Trinajstić information content (AvgIpc) is 2.83. The first-order chi connectivity index (χ1) is 7.79. The van der Waals surface area contributed by atoms with Crippen LogP contribution in [0.15, 0.2) is 35.1 Å². The summed E-state index contributed by atoms with van der Waals surface area (Å²) in [6.07, 6.45) is 3.26. The molecule has 0 radical (unpaired) electrons. The van der Waals surface area contributed by atoms with Crippen LogP contribution in [0, 0.1) is 0 Å². The molecule has 0 aliphatic rings. The van der Waals surface area contributed by atoms with E-state index in [0.717, 1.165) is 5.76 Å². The Labute approximate surface area is 92.9 Å². The standard InChI is InChI=1S/C10H13N5O/c1-7(8-3-2-6-16-8)13-9-4-5-12-10(14-9)15-11/h2-7H,11H2,1H3,(H2,12,13,14,15). The number of rotatable bonds is 4. The van der Waals surface area contributed by atoms with Crippen LogP contribution in [-0.4, -0.2) is 9.97 Å². The summed E-state index contributed by atoms with van der Waals surface area (Å²) in [4.78, 5) is 8.06. The summed E-state index contributed by atoms with van der Waals surface area (Å²) < 4.78 is 5.28. The molecule has 0 bridgehead atoms. The SMILES string of the molecule is CC(Nc1ccnc(NN)n1)c1ccco1. The Hall–Kier alpha value is -2.08. The van der Waals surface area contributed by atoms with E-state index in [0.29, 0.717) is 11.8 Å². The highest BCUT2D eigenvalue weighted by Crippen LogP contribution is 2.18. The molecule has 4 N–H and O–H groups in total. The molecule has 1 unspecified atom stereocenters. The van der Waals surface area contributed by atoms with Crippen molar-refractivity contribution in [1.82, 2.24) is 9.97 Å². The van der Waals surface area contributed by atoms with Crippen LogP contribution in [0.2, 0.25) is 0 Å². The summed E-state index contributed by atoms with van der Waals surface area (Å²) >= 11 is 0. The minimum Gasteiger partial charge on any atom is -0.467 e. The number of hydrazine groups is 1. The van der Waals surface area contributed by atoms with Crippen molar-refractivity contribution >= 4 is 11.8 Å². The van der Waals surface area contributed by atoms with Gasteiger partial charge in [0.1, 0.15) is 11.6 Å². The number of hydrogen-bond acceptors (Lipinski definition) is 6. The third-order valence-electron chi connectivity index (χ3n) is 2.12. The highest BCUT2D eigenvalue weighted by Gasteiger charge is 2.08. The highest BCUT2D eigenvalue weighted by atomic mass is 16.3. The molecule has 1 atom stereocenters. The molecule has 0 saturated carbocycles. The van der Waals surface area contributed by atoms with E-state index in [2.05, 4.69) is 20.7 Å². The van der Waals surface area contributed by atoms with Crippen molar-refractivity contribution in [2.75, 3.05) is 10.7 Å². The van der Waals surface area contributed by atoms with Crippen LogP contribution in [0.25, 0.3) is 0 Å². The van der Waals surface area contributed by atoms with Gasteiger partial charge in [-0.05, 0) is 25.1 Å². The molecule has 2 aromatic heterocycles. The van der Waals surface area contributed by atoms with Gasteiger partial charge in [-0.2, -0.15) is 4.98 Å². The minimum atomic E-state index is 0.0375. The Morgan fingerprint density at radius 3 is 3.00 bits per heavy atom. The van der Waals surface area contributed by atoms with Crippen LogP contribution < -0.4 is 16.6 Å². The van der Waals surface area contributed by atoms with Crippen molar-refractivity contribution in [2.45, 2.75) is 13.0 Å². The summed E-state index contributed by atoms with van der Waals surface area (Å²) in [5.41, 5.74) is 2.39. The number of aromatic nitrogens is 2. The largest absolute Gasteiger partial charge is 0.467 e. The van der Waals surface area contributed by atoms with E-state index in [9.17, 15) is 0 Å². The van der Waals surface area contributed by atoms with Crippen LogP contribution in [-0.2, 0) is 0 Å². The van der Waals surface area contributed by atoms with E-state index < -0.39 is 0 Å². The third kappa shape index (κ3) is 2.29. The Morgan fingerprint density at radius 2 is 2.31 bits per heavy atom. The molecule has 84 valence electrons. The van der Waals surface area contributed by atoms with Crippen molar-refractivity contribution in [3.8, 4) is 0 Å². The maximum absolute atomic E-state index is 5.28. The van der Waals surface area contributed by atoms with Gasteiger partial charge in [-0.25, -0.2) is 10.8 Å². The van der Waals surface area contributed by atoms with E-state index in [1.807, 2.05) is 19.1 Å². The summed E-state index contributed by atoms with van der Waals surface area (Å²) in [5.74, 6) is 7.13. The molecule has 0 aliphatic carbocycles. The van der Waals surface area contributed by atoms with Crippen LogP contribution in [0.5, 0.6) is 0 Å². The first kappa shape index (κ1) is 10.4. The number of anilines is 2. The molecule has 2 aromatic rings. The molecule has 6 heteroatoms. The lowest BCUT2D eigenvalue weighted by atomic mass is 10.2. The summed E-state index contributed by atoms with van der Waals surface area (Å²) in [6.45, 7) is 1.98. The van der Waals surface area contributed by atoms with Gasteiger partial charge in [-0.1, -0.05) is 0 Å². The van der Waals surface area contributed by atoms with Crippen LogP contribution >= 0.6 is 0 Å². The predicted octanol–water partition coefficient (Wildman–Crippen LogP) is 1.53. The van der Waals surface area contributed by atoms with Gasteiger partial charge in [0, 0.05) is 6.20 Å². The molecule has 0 saturated heterocycles. The lowest BCUT2D eigenvalue weighted by Crippen LogP contribution is -2.12. The monoisotopic (exact) mass is 219 g/mol. The van der Waals surface area contributed by atoms with Crippen molar-refractivity contribution in [3.63, 3.8) is 0 Å². The van der Waals surface area contributed by atoms with Crippen LogP contribution in [0.1, 0.15) is 18.7 Å². The molecule has 0 spiro atoms. The number of nitrogens with two attached hydrogens (primary N) is 1. The molecular weight excluding hydrogens is 206 g/mol. The molecule has 0 amide bonds. The van der Waals surface area contributed by atoms with Gasteiger partial charge in [-0.15, -0.1) is 0 Å². The zero-order valence-corrected chi connectivity index (χ0v) is 8.84. The highest BCUT2D eigenvalue weighted by molar-refractivity contribution is 5.40. The van der Waals surface area contributed by atoms with Gasteiger partial charge in [0.25, 0.3) is 0 Å². The number of nitrogen functional groups attached to an aromatic ring is 1. The third-order valence-corrected chi connectivity index (χ3v) is 2.12.